The van der Waals surface area contributed by atoms with Crippen LogP contribution in [0.2, 0.25) is 0 Å². The van der Waals surface area contributed by atoms with Crippen LogP contribution < -0.4 is 9.47 Å². The molecule has 0 N–H and O–H groups in total. The van der Waals surface area contributed by atoms with Crippen LogP contribution in [0.3, 0.4) is 0 Å². The lowest BCUT2D eigenvalue weighted by atomic mass is 10.1. The largest absolute Gasteiger partial charge is 0.489 e. The summed E-state index contributed by atoms with van der Waals surface area (Å²) in [5.41, 5.74) is 1.95. The van der Waals surface area contributed by atoms with E-state index in [1.807, 2.05) is 18.2 Å². The first kappa shape index (κ1) is 13.4. The molecule has 4 heteroatoms. The third-order valence-electron chi connectivity index (χ3n) is 3.27. The Morgan fingerprint density at radius 1 is 1.25 bits per heavy atom. The summed E-state index contributed by atoms with van der Waals surface area (Å²) < 4.78 is 25.7. The van der Waals surface area contributed by atoms with Crippen LogP contribution in [0, 0.1) is 5.82 Å². The van der Waals surface area contributed by atoms with Crippen molar-refractivity contribution in [2.45, 2.75) is 19.4 Å². The molecule has 1 heterocycles. The summed E-state index contributed by atoms with van der Waals surface area (Å²) in [5, 5.41) is 0. The lowest BCUT2D eigenvalue weighted by molar-refractivity contribution is 0.245. The monoisotopic (exact) mass is 336 g/mol. The van der Waals surface area contributed by atoms with E-state index in [9.17, 15) is 4.39 Å². The van der Waals surface area contributed by atoms with Gasteiger partial charge in [-0.05, 0) is 42.7 Å². The van der Waals surface area contributed by atoms with Crippen molar-refractivity contribution in [1.82, 2.24) is 0 Å². The fourth-order valence-electron chi connectivity index (χ4n) is 2.30. The van der Waals surface area contributed by atoms with Gasteiger partial charge < -0.3 is 9.47 Å². The van der Waals surface area contributed by atoms with Crippen LogP contribution in [0.4, 0.5) is 4.39 Å². The quantitative estimate of drug-likeness (QED) is 0.821. The fourth-order valence-corrected chi connectivity index (χ4v) is 2.81. The molecule has 0 bridgehead atoms. The van der Waals surface area contributed by atoms with E-state index in [0.29, 0.717) is 19.0 Å². The van der Waals surface area contributed by atoms with Crippen molar-refractivity contribution >= 4 is 15.9 Å². The first-order valence-corrected chi connectivity index (χ1v) is 7.35. The van der Waals surface area contributed by atoms with Crippen molar-refractivity contribution in [3.63, 3.8) is 0 Å². The average molecular weight is 337 g/mol. The first-order valence-electron chi connectivity index (χ1n) is 6.55. The standard InChI is InChI=1S/C16H14BrFO2/c17-14-6-7-15(16-13(14)5-2-8-19-16)20-10-11-3-1-4-12(18)9-11/h1,3-4,6-7,9H,2,5,8,10H2. The molecule has 0 amide bonds. The van der Waals surface area contributed by atoms with Crippen molar-refractivity contribution in [3.05, 3.63) is 57.8 Å². The van der Waals surface area contributed by atoms with E-state index < -0.39 is 0 Å². The summed E-state index contributed by atoms with van der Waals surface area (Å²) in [6, 6.07) is 10.3. The second kappa shape index (κ2) is 5.83. The van der Waals surface area contributed by atoms with Gasteiger partial charge in [-0.15, -0.1) is 0 Å². The summed E-state index contributed by atoms with van der Waals surface area (Å²) in [6.07, 6.45) is 1.99. The van der Waals surface area contributed by atoms with Gasteiger partial charge in [0.1, 0.15) is 12.4 Å². The molecule has 2 nitrogen and oxygen atoms in total. The molecule has 0 radical (unpaired) electrons. The van der Waals surface area contributed by atoms with Gasteiger partial charge in [-0.1, -0.05) is 28.1 Å². The highest BCUT2D eigenvalue weighted by Crippen LogP contribution is 2.39. The van der Waals surface area contributed by atoms with E-state index in [1.165, 1.54) is 12.1 Å². The second-order valence-electron chi connectivity index (χ2n) is 4.72. The van der Waals surface area contributed by atoms with Crippen LogP contribution in [-0.2, 0) is 13.0 Å². The van der Waals surface area contributed by atoms with E-state index in [1.54, 1.807) is 6.07 Å². The summed E-state index contributed by atoms with van der Waals surface area (Å²) in [7, 11) is 0. The maximum Gasteiger partial charge on any atom is 0.165 e. The lowest BCUT2D eigenvalue weighted by Crippen LogP contribution is -2.10. The zero-order valence-electron chi connectivity index (χ0n) is 10.9. The molecule has 0 fully saturated rings. The maximum absolute atomic E-state index is 13.1. The Labute approximate surface area is 125 Å². The van der Waals surface area contributed by atoms with Crippen LogP contribution in [0.25, 0.3) is 0 Å². The van der Waals surface area contributed by atoms with E-state index in [-0.39, 0.29) is 5.82 Å². The molecule has 104 valence electrons. The van der Waals surface area contributed by atoms with Gasteiger partial charge in [-0.3, -0.25) is 0 Å². The average Bonchev–Trinajstić information content (AvgIpc) is 2.47. The van der Waals surface area contributed by atoms with Crippen LogP contribution in [-0.4, -0.2) is 6.61 Å². The number of hydrogen-bond donors (Lipinski definition) is 0. The Kier molecular flexibility index (Phi) is 3.92. The molecule has 0 atom stereocenters. The topological polar surface area (TPSA) is 18.5 Å². The zero-order valence-corrected chi connectivity index (χ0v) is 12.5. The predicted molar refractivity (Wildman–Crippen MR) is 78.7 cm³/mol. The Bertz CT molecular complexity index is 628. The van der Waals surface area contributed by atoms with Gasteiger partial charge >= 0.3 is 0 Å². The summed E-state index contributed by atoms with van der Waals surface area (Å²) in [6.45, 7) is 1.04. The Hall–Kier alpha value is -1.55. The number of benzene rings is 2. The highest BCUT2D eigenvalue weighted by Gasteiger charge is 2.18. The van der Waals surface area contributed by atoms with Gasteiger partial charge in [-0.2, -0.15) is 0 Å². The number of rotatable bonds is 3. The highest BCUT2D eigenvalue weighted by molar-refractivity contribution is 9.10. The molecule has 2 aromatic carbocycles. The molecule has 2 aromatic rings. The summed E-state index contributed by atoms with van der Waals surface area (Å²) in [4.78, 5) is 0. The molecule has 20 heavy (non-hydrogen) atoms. The molecule has 1 aliphatic heterocycles. The van der Waals surface area contributed by atoms with E-state index in [4.69, 9.17) is 9.47 Å². The molecule has 0 spiro atoms. The molecule has 0 saturated heterocycles. The van der Waals surface area contributed by atoms with Crippen LogP contribution >= 0.6 is 15.9 Å². The summed E-state index contributed by atoms with van der Waals surface area (Å²) >= 11 is 3.54. The number of halogens is 2. The first-order chi connectivity index (χ1) is 9.74. The fraction of sp³-hybridized carbons (Fsp3) is 0.250. The Morgan fingerprint density at radius 2 is 2.15 bits per heavy atom. The molecule has 0 aromatic heterocycles. The minimum atomic E-state index is -0.250. The molecule has 0 saturated carbocycles. The predicted octanol–water partition coefficient (Wildman–Crippen LogP) is 4.49. The van der Waals surface area contributed by atoms with Gasteiger partial charge in [0.05, 0.1) is 6.61 Å². The smallest absolute Gasteiger partial charge is 0.165 e. The number of ether oxygens (including phenoxy) is 2. The van der Waals surface area contributed by atoms with Gasteiger partial charge in [-0.25, -0.2) is 4.39 Å². The Morgan fingerprint density at radius 3 is 3.00 bits per heavy atom. The van der Waals surface area contributed by atoms with Crippen molar-refractivity contribution < 1.29 is 13.9 Å². The van der Waals surface area contributed by atoms with Gasteiger partial charge in [0, 0.05) is 10.0 Å². The van der Waals surface area contributed by atoms with Crippen molar-refractivity contribution in [1.29, 1.82) is 0 Å². The second-order valence-corrected chi connectivity index (χ2v) is 5.58. The van der Waals surface area contributed by atoms with Crippen LogP contribution in [0.5, 0.6) is 11.5 Å². The number of hydrogen-bond acceptors (Lipinski definition) is 2. The molecule has 3 rings (SSSR count). The van der Waals surface area contributed by atoms with Gasteiger partial charge in [0.2, 0.25) is 0 Å². The van der Waals surface area contributed by atoms with Gasteiger partial charge in [0.15, 0.2) is 11.5 Å². The molecule has 0 aliphatic carbocycles. The molecular weight excluding hydrogens is 323 g/mol. The van der Waals surface area contributed by atoms with E-state index in [0.717, 1.165) is 34.2 Å². The minimum Gasteiger partial charge on any atom is -0.489 e. The van der Waals surface area contributed by atoms with Crippen LogP contribution in [0.15, 0.2) is 40.9 Å². The number of fused-ring (bicyclic) bond motifs is 1. The highest BCUT2D eigenvalue weighted by atomic mass is 79.9. The SMILES string of the molecule is Fc1cccc(COc2ccc(Br)c3c2OCCC3)c1. The van der Waals surface area contributed by atoms with Crippen molar-refractivity contribution in [2.75, 3.05) is 6.61 Å². The molecule has 1 aliphatic rings. The molecule has 0 unspecified atom stereocenters. The summed E-state index contributed by atoms with van der Waals surface area (Å²) in [5.74, 6) is 1.27. The van der Waals surface area contributed by atoms with Gasteiger partial charge in [0.25, 0.3) is 0 Å². The Balaban J connectivity index is 1.81. The maximum atomic E-state index is 13.1. The van der Waals surface area contributed by atoms with E-state index >= 15 is 0 Å². The van der Waals surface area contributed by atoms with E-state index in [2.05, 4.69) is 15.9 Å². The van der Waals surface area contributed by atoms with Crippen LogP contribution in [0.1, 0.15) is 17.5 Å². The third-order valence-corrected chi connectivity index (χ3v) is 4.01. The van der Waals surface area contributed by atoms with Crippen molar-refractivity contribution in [2.24, 2.45) is 0 Å². The zero-order chi connectivity index (χ0) is 13.9. The normalized spacial score (nSPS) is 13.5. The van der Waals surface area contributed by atoms with Crippen molar-refractivity contribution in [3.8, 4) is 11.5 Å². The minimum absolute atomic E-state index is 0.250. The lowest BCUT2D eigenvalue weighted by Gasteiger charge is -2.21. The molecular formula is C16H14BrFO2. The third kappa shape index (κ3) is 2.80.